The third kappa shape index (κ3) is 7.29. The van der Waals surface area contributed by atoms with Crippen molar-refractivity contribution in [3.63, 3.8) is 0 Å². The average Bonchev–Trinajstić information content (AvgIpc) is 3.21. The molecule has 0 spiro atoms. The van der Waals surface area contributed by atoms with E-state index in [0.29, 0.717) is 33.4 Å². The summed E-state index contributed by atoms with van der Waals surface area (Å²) in [6, 6.07) is 25.5. The smallest absolute Gasteiger partial charge is 0.321 e. The Morgan fingerprint density at radius 1 is 0.679 bits per heavy atom. The van der Waals surface area contributed by atoms with Gasteiger partial charge in [0, 0.05) is 11.1 Å². The molecule has 4 aromatic rings. The first-order valence-electron chi connectivity index (χ1n) is 17.0. The number of esters is 1. The molecule has 0 amide bonds. The number of hydrogen-bond donors (Lipinski definition) is 0. The second-order valence-electron chi connectivity index (χ2n) is 13.0. The Bertz CT molecular complexity index is 2440. The zero-order chi connectivity index (χ0) is 38.2. The number of ketones is 2. The summed E-state index contributed by atoms with van der Waals surface area (Å²) in [4.78, 5) is 38.3. The van der Waals surface area contributed by atoms with Gasteiger partial charge in [0.05, 0.1) is 22.9 Å². The Hall–Kier alpha value is -5.46. The van der Waals surface area contributed by atoms with E-state index in [0.717, 1.165) is 26.6 Å². The number of carbonyl (C=O) groups is 3. The molecular weight excluding hydrogens is 713 g/mol. The van der Waals surface area contributed by atoms with Crippen molar-refractivity contribution >= 4 is 54.6 Å². The number of ether oxygens (including phenoxy) is 1. The van der Waals surface area contributed by atoms with E-state index in [1.165, 1.54) is 38.1 Å². The van der Waals surface area contributed by atoms with Crippen molar-refractivity contribution in [2.75, 3.05) is 13.2 Å². The lowest BCUT2D eigenvalue weighted by atomic mass is 9.73. The molecule has 4 aromatic carbocycles. The first-order chi connectivity index (χ1) is 25.1. The van der Waals surface area contributed by atoms with Crippen molar-refractivity contribution in [1.29, 1.82) is 0 Å². The van der Waals surface area contributed by atoms with Gasteiger partial charge in [-0.3, -0.25) is 14.4 Å². The minimum atomic E-state index is -4.61. The maximum Gasteiger partial charge on any atom is 0.321 e. The molecule has 6 rings (SSSR count). The number of rotatable bonds is 10. The van der Waals surface area contributed by atoms with E-state index in [-0.39, 0.29) is 40.9 Å². The van der Waals surface area contributed by atoms with Crippen LogP contribution >= 0.6 is 0 Å². The van der Waals surface area contributed by atoms with E-state index in [9.17, 15) is 31.2 Å². The third-order valence-corrected chi connectivity index (χ3v) is 12.5. The van der Waals surface area contributed by atoms with Crippen LogP contribution in [0, 0.1) is 19.8 Å². The number of benzene rings is 4. The Morgan fingerprint density at radius 3 is 1.66 bits per heavy atom. The van der Waals surface area contributed by atoms with Gasteiger partial charge in [-0.05, 0) is 98.7 Å². The van der Waals surface area contributed by atoms with Crippen molar-refractivity contribution in [2.24, 2.45) is 10.3 Å². The molecule has 1 atom stereocenters. The average molecular weight is 751 g/mol. The van der Waals surface area contributed by atoms with Crippen molar-refractivity contribution in [2.45, 2.75) is 50.8 Å². The summed E-state index contributed by atoms with van der Waals surface area (Å²) in [7, 11) is -9.20. The van der Waals surface area contributed by atoms with Crippen LogP contribution in [-0.4, -0.2) is 57.7 Å². The fourth-order valence-corrected chi connectivity index (χ4v) is 8.99. The van der Waals surface area contributed by atoms with Crippen molar-refractivity contribution in [3.05, 3.63) is 142 Å². The molecule has 0 radical (unpaired) electrons. The molecule has 0 saturated heterocycles. The molecule has 12 heteroatoms. The standard InChI is InChI=1S/C41H38N2O8S2/c1-6-51-41(46)39-38(32-17-13-30(14-18-32)28(5)45)36-23-35(31-15-11-29(12-16-31)27(4)44)37(36)24-43(53(49,50)34-21-9-26(3)10-22-34)40(39)42-52(47,48)33-19-7-25(2)8-20-33/h7-22,39H,6,23-24H2,1-5H3/b42-40+. The minimum absolute atomic E-state index is 0.0830. The minimum Gasteiger partial charge on any atom is -0.465 e. The van der Waals surface area contributed by atoms with Gasteiger partial charge < -0.3 is 4.74 Å². The van der Waals surface area contributed by atoms with E-state index in [2.05, 4.69) is 4.40 Å². The topological polar surface area (TPSA) is 144 Å². The number of amidine groups is 1. The quantitative estimate of drug-likeness (QED) is 0.125. The number of Topliss-reactive ketones (excluding diaryl/α,β-unsaturated/α-hetero) is 2. The molecule has 1 heterocycles. The van der Waals surface area contributed by atoms with Crippen LogP contribution in [0.3, 0.4) is 0 Å². The second kappa shape index (κ2) is 14.5. The highest BCUT2D eigenvalue weighted by molar-refractivity contribution is 7.91. The van der Waals surface area contributed by atoms with E-state index < -0.39 is 37.8 Å². The van der Waals surface area contributed by atoms with E-state index in [1.54, 1.807) is 86.6 Å². The third-order valence-electron chi connectivity index (χ3n) is 9.42. The fourth-order valence-electron chi connectivity index (χ4n) is 6.47. The summed E-state index contributed by atoms with van der Waals surface area (Å²) < 4.78 is 68.7. The van der Waals surface area contributed by atoms with Gasteiger partial charge in [0.15, 0.2) is 17.4 Å². The Morgan fingerprint density at radius 2 is 1.17 bits per heavy atom. The fraction of sp³-hybridized carbons (Fsp3) is 0.220. The lowest BCUT2D eigenvalue weighted by Crippen LogP contribution is -2.44. The Balaban J connectivity index is 1.70. The van der Waals surface area contributed by atoms with Gasteiger partial charge in [0.1, 0.15) is 5.92 Å². The summed E-state index contributed by atoms with van der Waals surface area (Å²) in [6.07, 6.45) is 0.283. The van der Waals surface area contributed by atoms with Crippen LogP contribution in [0.5, 0.6) is 0 Å². The molecule has 0 aromatic heterocycles. The van der Waals surface area contributed by atoms with E-state index >= 15 is 0 Å². The van der Waals surface area contributed by atoms with Crippen LogP contribution in [0.4, 0.5) is 0 Å². The number of allylic oxidation sites excluding steroid dienone is 1. The number of aryl methyl sites for hydroxylation is 2. The molecule has 0 N–H and O–H groups in total. The summed E-state index contributed by atoms with van der Waals surface area (Å²) in [5.41, 5.74) is 5.94. The second-order valence-corrected chi connectivity index (χ2v) is 16.5. The molecule has 10 nitrogen and oxygen atoms in total. The summed E-state index contributed by atoms with van der Waals surface area (Å²) in [5, 5.41) is 0. The maximum absolute atomic E-state index is 14.8. The lowest BCUT2D eigenvalue weighted by molar-refractivity contribution is -0.144. The van der Waals surface area contributed by atoms with Crippen LogP contribution in [0.1, 0.15) is 70.2 Å². The maximum atomic E-state index is 14.8. The first-order valence-corrected chi connectivity index (χ1v) is 19.9. The summed E-state index contributed by atoms with van der Waals surface area (Å²) in [6.45, 7) is 7.65. The molecule has 1 aliphatic carbocycles. The number of fused-ring (bicyclic) bond motifs is 1. The van der Waals surface area contributed by atoms with E-state index in [1.807, 2.05) is 6.92 Å². The van der Waals surface area contributed by atoms with Gasteiger partial charge in [-0.2, -0.15) is 8.42 Å². The molecule has 0 bridgehead atoms. The molecule has 272 valence electrons. The zero-order valence-electron chi connectivity index (χ0n) is 29.9. The number of carbonyl (C=O) groups excluding carboxylic acids is 3. The van der Waals surface area contributed by atoms with Gasteiger partial charge in [-0.25, -0.2) is 12.7 Å². The first kappa shape index (κ1) is 37.3. The Labute approximate surface area is 309 Å². The highest BCUT2D eigenvalue weighted by atomic mass is 32.2. The largest absolute Gasteiger partial charge is 0.465 e. The highest BCUT2D eigenvalue weighted by Gasteiger charge is 2.47. The van der Waals surface area contributed by atoms with Crippen LogP contribution in [-0.2, 0) is 29.6 Å². The normalized spacial score (nSPS) is 16.9. The van der Waals surface area contributed by atoms with Crippen LogP contribution in [0.2, 0.25) is 0 Å². The lowest BCUT2D eigenvalue weighted by Gasteiger charge is -2.31. The highest BCUT2D eigenvalue weighted by Crippen LogP contribution is 2.50. The van der Waals surface area contributed by atoms with Gasteiger partial charge in [0.25, 0.3) is 20.0 Å². The van der Waals surface area contributed by atoms with Gasteiger partial charge in [-0.1, -0.05) is 83.9 Å². The number of sulfonamides is 2. The molecule has 0 saturated carbocycles. The number of hydrogen-bond acceptors (Lipinski definition) is 8. The molecular formula is C41H38N2O8S2. The van der Waals surface area contributed by atoms with Crippen molar-refractivity contribution in [1.82, 2.24) is 4.31 Å². The van der Waals surface area contributed by atoms with Crippen LogP contribution in [0.25, 0.3) is 11.1 Å². The van der Waals surface area contributed by atoms with E-state index in [4.69, 9.17) is 4.74 Å². The van der Waals surface area contributed by atoms with Crippen LogP contribution < -0.4 is 0 Å². The summed E-state index contributed by atoms with van der Waals surface area (Å²) in [5.74, 6) is -3.35. The molecule has 0 fully saturated rings. The molecule has 1 aliphatic heterocycles. The molecule has 2 aliphatic rings. The predicted octanol–water partition coefficient (Wildman–Crippen LogP) is 6.99. The molecule has 53 heavy (non-hydrogen) atoms. The number of nitrogens with zero attached hydrogens (tertiary/aromatic N) is 2. The van der Waals surface area contributed by atoms with Crippen molar-refractivity contribution in [3.8, 4) is 0 Å². The van der Waals surface area contributed by atoms with Crippen molar-refractivity contribution < 1.29 is 36.0 Å². The monoisotopic (exact) mass is 750 g/mol. The van der Waals surface area contributed by atoms with Crippen LogP contribution in [0.15, 0.2) is 122 Å². The van der Waals surface area contributed by atoms with Gasteiger partial charge in [0.2, 0.25) is 0 Å². The Kier molecular flexibility index (Phi) is 10.2. The predicted molar refractivity (Wildman–Crippen MR) is 202 cm³/mol. The zero-order valence-corrected chi connectivity index (χ0v) is 31.5. The summed E-state index contributed by atoms with van der Waals surface area (Å²) >= 11 is 0. The SMILES string of the molecule is CCOC(=O)C1C(c2ccc(C(C)=O)cc2)=C2CC(c3ccc(C(C)=O)cc3)=C2CN(S(=O)(=O)c2ccc(C)cc2)/C1=N/S(=O)(=O)c1ccc(C)cc1. The molecule has 1 unspecified atom stereocenters. The van der Waals surface area contributed by atoms with Gasteiger partial charge >= 0.3 is 5.97 Å². The van der Waals surface area contributed by atoms with Gasteiger partial charge in [-0.15, -0.1) is 4.40 Å².